The van der Waals surface area contributed by atoms with Crippen LogP contribution in [0.2, 0.25) is 0 Å². The molecule has 0 aliphatic heterocycles. The molecular weight excluding hydrogens is 87.0 g/mol. The van der Waals surface area contributed by atoms with Gasteiger partial charge >= 0.3 is 0 Å². The summed E-state index contributed by atoms with van der Waals surface area (Å²) in [6.07, 6.45) is -3.35. The van der Waals surface area contributed by atoms with E-state index in [4.69, 9.17) is 5.11 Å². The average Bonchev–Trinajstić information content (AvgIpc) is 1.36. The highest BCUT2D eigenvalue weighted by Gasteiger charge is 2.03. The van der Waals surface area contributed by atoms with Crippen molar-refractivity contribution in [3.63, 3.8) is 0 Å². The van der Waals surface area contributed by atoms with Crippen LogP contribution in [0.1, 0.15) is 0 Å². The fraction of sp³-hybridized carbons (Fsp3) is 1.00. The smallest absolute Gasteiger partial charge is 0.224 e. The molecule has 0 aliphatic rings. The number of alkyl halides is 1. The molecule has 0 fully saturated rings. The lowest BCUT2D eigenvalue weighted by Crippen LogP contribution is -2.39. The van der Waals surface area contributed by atoms with Crippen molar-refractivity contribution in [1.82, 2.24) is 0 Å². The summed E-state index contributed by atoms with van der Waals surface area (Å²) < 4.78 is 11.1. The first kappa shape index (κ1) is 5.81. The largest absolute Gasteiger partial charge is 0.362 e. The minimum atomic E-state index is -2.09. The van der Waals surface area contributed by atoms with Gasteiger partial charge in [-0.1, -0.05) is 0 Å². The Morgan fingerprint density at radius 2 is 1.67 bits per heavy atom. The number of hydrogen-bond donors (Lipinski definition) is 3. The lowest BCUT2D eigenvalue weighted by Gasteiger charge is -2.01. The molecule has 0 spiro atoms. The molecule has 0 heterocycles. The Morgan fingerprint density at radius 1 is 1.50 bits per heavy atom. The van der Waals surface area contributed by atoms with E-state index in [9.17, 15) is 4.39 Å². The molecule has 0 bridgehead atoms. The van der Waals surface area contributed by atoms with Crippen LogP contribution in [0.5, 0.6) is 0 Å². The first-order valence-electron chi connectivity index (χ1n) is 1.48. The van der Waals surface area contributed by atoms with Gasteiger partial charge in [-0.2, -0.15) is 0 Å². The van der Waals surface area contributed by atoms with Gasteiger partial charge in [0.05, 0.1) is 0 Å². The number of aliphatic hydroxyl groups excluding tert-OH is 1. The van der Waals surface area contributed by atoms with E-state index in [1.54, 1.807) is 0 Å². The Bertz CT molecular complexity index is 32.5. The van der Waals surface area contributed by atoms with Gasteiger partial charge in [0.2, 0.25) is 6.36 Å². The maximum Gasteiger partial charge on any atom is 0.224 e. The second kappa shape index (κ2) is 2.07. The molecule has 0 rings (SSSR count). The summed E-state index contributed by atoms with van der Waals surface area (Å²) in [4.78, 5) is 0. The Labute approximate surface area is 34.7 Å². The summed E-state index contributed by atoms with van der Waals surface area (Å²) in [6.45, 7) is 0. The Hall–Kier alpha value is -0.190. The number of nitrogens with two attached hydrogens (primary N) is 2. The fourth-order valence-electron chi connectivity index (χ4n) is 0. The van der Waals surface area contributed by atoms with E-state index in [1.807, 2.05) is 0 Å². The van der Waals surface area contributed by atoms with Crippen molar-refractivity contribution in [2.45, 2.75) is 12.5 Å². The number of halogens is 1. The first-order valence-corrected chi connectivity index (χ1v) is 1.48. The van der Waals surface area contributed by atoms with Crippen molar-refractivity contribution in [3.8, 4) is 0 Å². The molecule has 6 heavy (non-hydrogen) atoms. The van der Waals surface area contributed by atoms with Crippen LogP contribution in [0, 0.1) is 0 Å². The van der Waals surface area contributed by atoms with Crippen molar-refractivity contribution in [3.05, 3.63) is 0 Å². The van der Waals surface area contributed by atoms with E-state index in [0.29, 0.717) is 0 Å². The molecule has 5 N–H and O–H groups in total. The van der Waals surface area contributed by atoms with Crippen LogP contribution in [0.25, 0.3) is 0 Å². The summed E-state index contributed by atoms with van der Waals surface area (Å²) in [7, 11) is 0. The van der Waals surface area contributed by atoms with E-state index < -0.39 is 12.5 Å². The van der Waals surface area contributed by atoms with Gasteiger partial charge in [0.15, 0.2) is 0 Å². The predicted octanol–water partition coefficient (Wildman–Crippen LogP) is -1.48. The molecule has 0 aliphatic carbocycles. The first-order chi connectivity index (χ1) is 2.64. The van der Waals surface area contributed by atoms with Crippen molar-refractivity contribution < 1.29 is 9.50 Å². The van der Waals surface area contributed by atoms with Crippen LogP contribution in [0.15, 0.2) is 0 Å². The summed E-state index contributed by atoms with van der Waals surface area (Å²) in [5, 5.41) is 7.71. The molecule has 0 aromatic heterocycles. The molecule has 3 nitrogen and oxygen atoms in total. The Kier molecular flexibility index (Phi) is 2.00. The van der Waals surface area contributed by atoms with Crippen molar-refractivity contribution in [2.75, 3.05) is 0 Å². The number of hydrogen-bond acceptors (Lipinski definition) is 3. The Balaban J connectivity index is 2.99. The SMILES string of the molecule is NC(N)C(O)F. The average molecular weight is 94.1 g/mol. The van der Waals surface area contributed by atoms with Crippen LogP contribution in [-0.2, 0) is 0 Å². The van der Waals surface area contributed by atoms with E-state index in [2.05, 4.69) is 11.5 Å². The highest BCUT2D eigenvalue weighted by atomic mass is 19.1. The second-order valence-electron chi connectivity index (χ2n) is 0.950. The molecule has 0 amide bonds. The van der Waals surface area contributed by atoms with Crippen LogP contribution in [-0.4, -0.2) is 17.6 Å². The molecule has 4 heteroatoms. The molecule has 0 aromatic rings. The lowest BCUT2D eigenvalue weighted by atomic mass is 10.6. The van der Waals surface area contributed by atoms with Crippen LogP contribution in [0.4, 0.5) is 4.39 Å². The minimum Gasteiger partial charge on any atom is -0.362 e. The second-order valence-corrected chi connectivity index (χ2v) is 0.950. The summed E-state index contributed by atoms with van der Waals surface area (Å²) in [5.41, 5.74) is 9.18. The van der Waals surface area contributed by atoms with Gasteiger partial charge in [-0.05, 0) is 0 Å². The van der Waals surface area contributed by atoms with Gasteiger partial charge in [0.25, 0.3) is 0 Å². The number of rotatable bonds is 1. The summed E-state index contributed by atoms with van der Waals surface area (Å²) in [6, 6.07) is 0. The molecule has 1 unspecified atom stereocenters. The number of aliphatic hydroxyl groups is 1. The Morgan fingerprint density at radius 3 is 1.67 bits per heavy atom. The molecule has 0 saturated carbocycles. The molecule has 0 radical (unpaired) electrons. The van der Waals surface area contributed by atoms with Gasteiger partial charge in [0, 0.05) is 0 Å². The monoisotopic (exact) mass is 94.1 g/mol. The third kappa shape index (κ3) is 2.07. The minimum absolute atomic E-state index is 1.26. The fourth-order valence-corrected chi connectivity index (χ4v) is 0. The van der Waals surface area contributed by atoms with E-state index in [-0.39, 0.29) is 0 Å². The van der Waals surface area contributed by atoms with Gasteiger partial charge in [0.1, 0.15) is 6.17 Å². The van der Waals surface area contributed by atoms with Crippen LogP contribution >= 0.6 is 0 Å². The van der Waals surface area contributed by atoms with Gasteiger partial charge < -0.3 is 16.6 Å². The molecule has 0 aromatic carbocycles. The topological polar surface area (TPSA) is 72.3 Å². The molecule has 1 atom stereocenters. The highest BCUT2D eigenvalue weighted by molar-refractivity contribution is 4.48. The summed E-state index contributed by atoms with van der Waals surface area (Å²) in [5.74, 6) is 0. The van der Waals surface area contributed by atoms with Crippen molar-refractivity contribution >= 4 is 0 Å². The standard InChI is InChI=1S/C2H7FN2O/c3-1(6)2(4)5/h1-2,6H,4-5H2. The third-order valence-electron chi connectivity index (χ3n) is 0.318. The van der Waals surface area contributed by atoms with Crippen LogP contribution < -0.4 is 11.5 Å². The van der Waals surface area contributed by atoms with E-state index >= 15 is 0 Å². The molecular formula is C2H7FN2O. The lowest BCUT2D eigenvalue weighted by molar-refractivity contribution is 0.0204. The zero-order valence-electron chi connectivity index (χ0n) is 3.13. The molecule has 0 saturated heterocycles. The van der Waals surface area contributed by atoms with Gasteiger partial charge in [-0.3, -0.25) is 0 Å². The maximum atomic E-state index is 11.1. The van der Waals surface area contributed by atoms with Gasteiger partial charge in [-0.15, -0.1) is 0 Å². The van der Waals surface area contributed by atoms with Crippen molar-refractivity contribution in [2.24, 2.45) is 11.5 Å². The third-order valence-corrected chi connectivity index (χ3v) is 0.318. The quantitative estimate of drug-likeness (QED) is 0.347. The molecule has 38 valence electrons. The van der Waals surface area contributed by atoms with Crippen LogP contribution in [0.3, 0.4) is 0 Å². The predicted molar refractivity (Wildman–Crippen MR) is 19.3 cm³/mol. The normalized spacial score (nSPS) is 15.5. The van der Waals surface area contributed by atoms with E-state index in [1.165, 1.54) is 0 Å². The zero-order chi connectivity index (χ0) is 5.15. The highest BCUT2D eigenvalue weighted by Crippen LogP contribution is 1.79. The van der Waals surface area contributed by atoms with Gasteiger partial charge in [-0.25, -0.2) is 4.39 Å². The van der Waals surface area contributed by atoms with Crippen molar-refractivity contribution in [1.29, 1.82) is 0 Å². The van der Waals surface area contributed by atoms with E-state index in [0.717, 1.165) is 0 Å². The zero-order valence-corrected chi connectivity index (χ0v) is 3.13. The maximum absolute atomic E-state index is 11.1. The summed E-state index contributed by atoms with van der Waals surface area (Å²) >= 11 is 0.